The van der Waals surface area contributed by atoms with Crippen LogP contribution in [-0.4, -0.2) is 48.4 Å². The Labute approximate surface area is 91.7 Å². The molecule has 84 valence electrons. The van der Waals surface area contributed by atoms with Gasteiger partial charge in [0, 0.05) is 31.8 Å². The van der Waals surface area contributed by atoms with Crippen molar-refractivity contribution in [3.8, 4) is 0 Å². The van der Waals surface area contributed by atoms with Gasteiger partial charge in [-0.05, 0) is 32.7 Å². The van der Waals surface area contributed by atoms with Crippen LogP contribution in [0.3, 0.4) is 0 Å². The van der Waals surface area contributed by atoms with Gasteiger partial charge in [-0.1, -0.05) is 6.08 Å². The second-order valence-electron chi connectivity index (χ2n) is 4.61. The lowest BCUT2D eigenvalue weighted by atomic mass is 10.4. The van der Waals surface area contributed by atoms with Gasteiger partial charge in [0.15, 0.2) is 0 Å². The van der Waals surface area contributed by atoms with Crippen LogP contribution in [0, 0.1) is 0 Å². The van der Waals surface area contributed by atoms with Gasteiger partial charge in [-0.25, -0.2) is 0 Å². The predicted octanol–water partition coefficient (Wildman–Crippen LogP) is 1.26. The Kier molecular flexibility index (Phi) is 3.41. The van der Waals surface area contributed by atoms with E-state index in [0.717, 1.165) is 25.7 Å². The summed E-state index contributed by atoms with van der Waals surface area (Å²) in [6, 6.07) is 0.775. The highest BCUT2D eigenvalue weighted by atomic mass is 16.2. The molecule has 2 fully saturated rings. The lowest BCUT2D eigenvalue weighted by Gasteiger charge is -2.14. The SMILES string of the molecule is CN(CC=CC(=O)N1CCCC1)C1CC1. The Morgan fingerprint density at radius 2 is 2.07 bits per heavy atom. The van der Waals surface area contributed by atoms with Gasteiger partial charge in [-0.15, -0.1) is 0 Å². The molecule has 0 aromatic carbocycles. The second-order valence-corrected chi connectivity index (χ2v) is 4.61. The van der Waals surface area contributed by atoms with Crippen molar-refractivity contribution in [3.63, 3.8) is 0 Å². The molecule has 0 unspecified atom stereocenters. The van der Waals surface area contributed by atoms with E-state index in [1.165, 1.54) is 25.7 Å². The standard InChI is InChI=1S/C12H20N2O/c1-13(11-6-7-11)8-4-5-12(15)14-9-2-3-10-14/h4-5,11H,2-3,6-10H2,1H3. The van der Waals surface area contributed by atoms with Crippen molar-refractivity contribution in [1.29, 1.82) is 0 Å². The van der Waals surface area contributed by atoms with E-state index in [1.807, 2.05) is 11.0 Å². The van der Waals surface area contributed by atoms with Gasteiger partial charge in [-0.3, -0.25) is 9.69 Å². The molecule has 1 amide bonds. The summed E-state index contributed by atoms with van der Waals surface area (Å²) in [4.78, 5) is 15.9. The van der Waals surface area contributed by atoms with Crippen LogP contribution in [0.25, 0.3) is 0 Å². The monoisotopic (exact) mass is 208 g/mol. The molecule has 0 aromatic rings. The molecule has 1 heterocycles. The van der Waals surface area contributed by atoms with E-state index < -0.39 is 0 Å². The molecular formula is C12H20N2O. The first-order chi connectivity index (χ1) is 7.27. The largest absolute Gasteiger partial charge is 0.339 e. The van der Waals surface area contributed by atoms with Crippen molar-refractivity contribution < 1.29 is 4.79 Å². The highest BCUT2D eigenvalue weighted by molar-refractivity contribution is 5.87. The minimum atomic E-state index is 0.191. The summed E-state index contributed by atoms with van der Waals surface area (Å²) in [5, 5.41) is 0. The minimum absolute atomic E-state index is 0.191. The number of amides is 1. The molecule has 1 saturated heterocycles. The van der Waals surface area contributed by atoms with Crippen LogP contribution in [0.1, 0.15) is 25.7 Å². The second kappa shape index (κ2) is 4.79. The smallest absolute Gasteiger partial charge is 0.246 e. The number of rotatable bonds is 4. The lowest BCUT2D eigenvalue weighted by Crippen LogP contribution is -2.26. The average molecular weight is 208 g/mol. The van der Waals surface area contributed by atoms with Gasteiger partial charge >= 0.3 is 0 Å². The van der Waals surface area contributed by atoms with Crippen molar-refractivity contribution in [2.45, 2.75) is 31.7 Å². The first-order valence-corrected chi connectivity index (χ1v) is 5.93. The lowest BCUT2D eigenvalue weighted by molar-refractivity contribution is -0.125. The van der Waals surface area contributed by atoms with Gasteiger partial charge < -0.3 is 4.90 Å². The zero-order valence-electron chi connectivity index (χ0n) is 9.48. The Hall–Kier alpha value is -0.830. The van der Waals surface area contributed by atoms with E-state index in [-0.39, 0.29) is 5.91 Å². The fraction of sp³-hybridized carbons (Fsp3) is 0.750. The van der Waals surface area contributed by atoms with E-state index in [2.05, 4.69) is 11.9 Å². The van der Waals surface area contributed by atoms with E-state index in [0.29, 0.717) is 0 Å². The Morgan fingerprint density at radius 3 is 2.67 bits per heavy atom. The van der Waals surface area contributed by atoms with Crippen LogP contribution in [0.2, 0.25) is 0 Å². The van der Waals surface area contributed by atoms with Crippen molar-refractivity contribution in [3.05, 3.63) is 12.2 Å². The summed E-state index contributed by atoms with van der Waals surface area (Å²) in [6.45, 7) is 2.80. The fourth-order valence-corrected chi connectivity index (χ4v) is 2.03. The van der Waals surface area contributed by atoms with Gasteiger partial charge in [0.1, 0.15) is 0 Å². The number of nitrogens with zero attached hydrogens (tertiary/aromatic N) is 2. The van der Waals surface area contributed by atoms with Crippen LogP contribution in [-0.2, 0) is 4.79 Å². The van der Waals surface area contributed by atoms with Gasteiger partial charge in [0.2, 0.25) is 5.91 Å². The third kappa shape index (κ3) is 3.06. The summed E-state index contributed by atoms with van der Waals surface area (Å²) >= 11 is 0. The van der Waals surface area contributed by atoms with E-state index >= 15 is 0 Å². The van der Waals surface area contributed by atoms with Gasteiger partial charge in [0.05, 0.1) is 0 Å². The zero-order chi connectivity index (χ0) is 10.7. The number of carbonyl (C=O) groups excluding carboxylic acids is 1. The normalized spacial score (nSPS) is 21.9. The molecule has 1 saturated carbocycles. The van der Waals surface area contributed by atoms with Crippen molar-refractivity contribution >= 4 is 5.91 Å². The molecule has 0 bridgehead atoms. The maximum atomic E-state index is 11.6. The van der Waals surface area contributed by atoms with Crippen molar-refractivity contribution in [1.82, 2.24) is 9.80 Å². The topological polar surface area (TPSA) is 23.6 Å². The third-order valence-corrected chi connectivity index (χ3v) is 3.24. The highest BCUT2D eigenvalue weighted by Gasteiger charge is 2.25. The molecular weight excluding hydrogens is 188 g/mol. The molecule has 3 heteroatoms. The number of likely N-dealkylation sites (tertiary alicyclic amines) is 1. The van der Waals surface area contributed by atoms with Crippen molar-refractivity contribution in [2.24, 2.45) is 0 Å². The molecule has 3 nitrogen and oxygen atoms in total. The first kappa shape index (κ1) is 10.7. The molecule has 2 aliphatic rings. The summed E-state index contributed by atoms with van der Waals surface area (Å²) in [6.07, 6.45) is 8.72. The van der Waals surface area contributed by atoms with Crippen LogP contribution in [0.5, 0.6) is 0 Å². The van der Waals surface area contributed by atoms with Crippen LogP contribution < -0.4 is 0 Å². The predicted molar refractivity (Wildman–Crippen MR) is 60.6 cm³/mol. The molecule has 1 aliphatic heterocycles. The number of likely N-dealkylation sites (N-methyl/N-ethyl adjacent to an activating group) is 1. The quantitative estimate of drug-likeness (QED) is 0.649. The Morgan fingerprint density at radius 1 is 1.40 bits per heavy atom. The van der Waals surface area contributed by atoms with E-state index in [1.54, 1.807) is 6.08 Å². The molecule has 0 spiro atoms. The highest BCUT2D eigenvalue weighted by Crippen LogP contribution is 2.24. The fourth-order valence-electron chi connectivity index (χ4n) is 2.03. The minimum Gasteiger partial charge on any atom is -0.339 e. The summed E-state index contributed by atoms with van der Waals surface area (Å²) < 4.78 is 0. The molecule has 0 aromatic heterocycles. The molecule has 1 aliphatic carbocycles. The molecule has 0 radical (unpaired) electrons. The maximum Gasteiger partial charge on any atom is 0.246 e. The number of hydrogen-bond acceptors (Lipinski definition) is 2. The Balaban J connectivity index is 1.70. The number of carbonyl (C=O) groups is 1. The Bertz CT molecular complexity index is 252. The first-order valence-electron chi connectivity index (χ1n) is 5.93. The summed E-state index contributed by atoms with van der Waals surface area (Å²) in [7, 11) is 2.13. The summed E-state index contributed by atoms with van der Waals surface area (Å²) in [5.74, 6) is 0.191. The molecule has 15 heavy (non-hydrogen) atoms. The average Bonchev–Trinajstić information content (AvgIpc) is 2.93. The number of hydrogen-bond donors (Lipinski definition) is 0. The van der Waals surface area contributed by atoms with Crippen molar-refractivity contribution in [2.75, 3.05) is 26.7 Å². The molecule has 0 N–H and O–H groups in total. The zero-order valence-corrected chi connectivity index (χ0v) is 9.48. The van der Waals surface area contributed by atoms with E-state index in [4.69, 9.17) is 0 Å². The van der Waals surface area contributed by atoms with E-state index in [9.17, 15) is 4.79 Å². The van der Waals surface area contributed by atoms with Gasteiger partial charge in [0.25, 0.3) is 0 Å². The van der Waals surface area contributed by atoms with Crippen LogP contribution >= 0.6 is 0 Å². The molecule has 0 atom stereocenters. The molecule has 2 rings (SSSR count). The summed E-state index contributed by atoms with van der Waals surface area (Å²) in [5.41, 5.74) is 0. The van der Waals surface area contributed by atoms with Gasteiger partial charge in [-0.2, -0.15) is 0 Å². The van der Waals surface area contributed by atoms with Crippen LogP contribution in [0.4, 0.5) is 0 Å². The maximum absolute atomic E-state index is 11.6. The third-order valence-electron chi connectivity index (χ3n) is 3.24. The van der Waals surface area contributed by atoms with Crippen LogP contribution in [0.15, 0.2) is 12.2 Å².